The van der Waals surface area contributed by atoms with Crippen LogP contribution in [0.25, 0.3) is 0 Å². The van der Waals surface area contributed by atoms with Crippen molar-refractivity contribution in [2.45, 2.75) is 12.1 Å². The monoisotopic (exact) mass is 287 g/mol. The highest BCUT2D eigenvalue weighted by atomic mass is 35.5. The molecule has 1 saturated heterocycles. The van der Waals surface area contributed by atoms with E-state index in [1.54, 1.807) is 26.4 Å². The highest BCUT2D eigenvalue weighted by Gasteiger charge is 2.26. The maximum atomic E-state index is 6.24. The van der Waals surface area contributed by atoms with Crippen molar-refractivity contribution in [2.75, 3.05) is 34.0 Å². The Morgan fingerprint density at radius 3 is 2.53 bits per heavy atom. The second-order valence-electron chi connectivity index (χ2n) is 4.24. The van der Waals surface area contributed by atoms with E-state index in [-0.39, 0.29) is 12.1 Å². The van der Waals surface area contributed by atoms with Gasteiger partial charge in [0.1, 0.15) is 6.10 Å². The van der Waals surface area contributed by atoms with Gasteiger partial charge in [-0.2, -0.15) is 0 Å². The number of rotatable bonds is 4. The first-order chi connectivity index (χ1) is 9.17. The number of nitrogens with two attached hydrogens (primary N) is 1. The molecule has 0 radical (unpaired) electrons. The third-order valence-corrected chi connectivity index (χ3v) is 3.43. The van der Waals surface area contributed by atoms with Crippen molar-refractivity contribution in [2.24, 2.45) is 5.73 Å². The van der Waals surface area contributed by atoms with Gasteiger partial charge in [0, 0.05) is 11.1 Å². The summed E-state index contributed by atoms with van der Waals surface area (Å²) in [5.41, 5.74) is 6.96. The fraction of sp³-hybridized carbons (Fsp3) is 0.538. The molecule has 1 aliphatic rings. The predicted molar refractivity (Wildman–Crippen MR) is 72.0 cm³/mol. The molecule has 2 rings (SSSR count). The first kappa shape index (κ1) is 14.4. The summed E-state index contributed by atoms with van der Waals surface area (Å²) in [5, 5.41) is 0.527. The minimum absolute atomic E-state index is 0.204. The first-order valence-electron chi connectivity index (χ1n) is 6.03. The third-order valence-electron chi connectivity index (χ3n) is 3.10. The fourth-order valence-electron chi connectivity index (χ4n) is 2.04. The van der Waals surface area contributed by atoms with Crippen molar-refractivity contribution in [1.29, 1.82) is 0 Å². The molecule has 0 saturated carbocycles. The van der Waals surface area contributed by atoms with E-state index in [0.717, 1.165) is 5.56 Å². The molecule has 1 heterocycles. The molecule has 0 bridgehead atoms. The molecule has 19 heavy (non-hydrogen) atoms. The number of benzene rings is 1. The number of ether oxygens (including phenoxy) is 4. The van der Waals surface area contributed by atoms with Gasteiger partial charge >= 0.3 is 0 Å². The lowest BCUT2D eigenvalue weighted by Gasteiger charge is -2.29. The maximum Gasteiger partial charge on any atom is 0.162 e. The molecular weight excluding hydrogens is 270 g/mol. The molecule has 1 fully saturated rings. The summed E-state index contributed by atoms with van der Waals surface area (Å²) < 4.78 is 21.4. The molecule has 0 aliphatic carbocycles. The average molecular weight is 288 g/mol. The van der Waals surface area contributed by atoms with Gasteiger partial charge in [-0.25, -0.2) is 0 Å². The zero-order valence-electron chi connectivity index (χ0n) is 11.0. The normalized spacial score (nSPS) is 20.9. The lowest BCUT2D eigenvalue weighted by atomic mass is 10.0. The van der Waals surface area contributed by atoms with E-state index >= 15 is 0 Å². The van der Waals surface area contributed by atoms with Crippen molar-refractivity contribution in [1.82, 2.24) is 0 Å². The van der Waals surface area contributed by atoms with Crippen LogP contribution in [0.3, 0.4) is 0 Å². The summed E-state index contributed by atoms with van der Waals surface area (Å²) in [4.78, 5) is 0. The van der Waals surface area contributed by atoms with Gasteiger partial charge in [-0.1, -0.05) is 11.6 Å². The Kier molecular flexibility index (Phi) is 4.87. The summed E-state index contributed by atoms with van der Waals surface area (Å²) in [5.74, 6) is 1.17. The van der Waals surface area contributed by atoms with Gasteiger partial charge in [0.05, 0.1) is 40.1 Å². The van der Waals surface area contributed by atoms with Gasteiger partial charge in [0.2, 0.25) is 0 Å². The molecule has 0 aromatic heterocycles. The topological polar surface area (TPSA) is 62.9 Å². The van der Waals surface area contributed by atoms with Gasteiger partial charge < -0.3 is 24.7 Å². The summed E-state index contributed by atoms with van der Waals surface area (Å²) in [6, 6.07) is 3.11. The van der Waals surface area contributed by atoms with Crippen LogP contribution < -0.4 is 15.2 Å². The van der Waals surface area contributed by atoms with Crippen LogP contribution >= 0.6 is 11.6 Å². The molecular formula is C13H18ClNO4. The Hall–Kier alpha value is -1.01. The first-order valence-corrected chi connectivity index (χ1v) is 6.41. The second-order valence-corrected chi connectivity index (χ2v) is 4.65. The van der Waals surface area contributed by atoms with Crippen LogP contribution in [0.15, 0.2) is 12.1 Å². The van der Waals surface area contributed by atoms with E-state index in [9.17, 15) is 0 Å². The molecule has 6 heteroatoms. The minimum atomic E-state index is -0.368. The van der Waals surface area contributed by atoms with E-state index in [1.165, 1.54) is 0 Å². The summed E-state index contributed by atoms with van der Waals surface area (Å²) >= 11 is 6.24. The van der Waals surface area contributed by atoms with Gasteiger partial charge in [-0.3, -0.25) is 0 Å². The maximum absolute atomic E-state index is 6.24. The Morgan fingerprint density at radius 2 is 1.95 bits per heavy atom. The summed E-state index contributed by atoms with van der Waals surface area (Å²) in [6.07, 6.45) is -0.204. The summed E-state index contributed by atoms with van der Waals surface area (Å²) in [7, 11) is 3.13. The van der Waals surface area contributed by atoms with Crippen molar-refractivity contribution in [3.63, 3.8) is 0 Å². The van der Waals surface area contributed by atoms with Crippen LogP contribution in [0.1, 0.15) is 11.6 Å². The van der Waals surface area contributed by atoms with Crippen LogP contribution in [-0.2, 0) is 9.47 Å². The van der Waals surface area contributed by atoms with E-state index in [2.05, 4.69) is 0 Å². The standard InChI is InChI=1S/C13H18ClNO4/c1-16-10-5-8(9(14)6-11(10)17-2)13(15)12-7-18-3-4-19-12/h5-6,12-13H,3-4,7,15H2,1-2H3. The molecule has 1 aromatic rings. The van der Waals surface area contributed by atoms with Crippen molar-refractivity contribution >= 4 is 11.6 Å². The van der Waals surface area contributed by atoms with Gasteiger partial charge in [-0.15, -0.1) is 0 Å². The number of hydrogen-bond donors (Lipinski definition) is 1. The van der Waals surface area contributed by atoms with E-state index in [1.807, 2.05) is 0 Å². The molecule has 106 valence electrons. The van der Waals surface area contributed by atoms with Crippen LogP contribution in [0.4, 0.5) is 0 Å². The van der Waals surface area contributed by atoms with Crippen LogP contribution in [0, 0.1) is 0 Å². The zero-order valence-corrected chi connectivity index (χ0v) is 11.8. The third kappa shape index (κ3) is 3.12. The smallest absolute Gasteiger partial charge is 0.162 e. The quantitative estimate of drug-likeness (QED) is 0.914. The van der Waals surface area contributed by atoms with Gasteiger partial charge in [0.15, 0.2) is 11.5 Å². The van der Waals surface area contributed by atoms with Crippen molar-refractivity contribution < 1.29 is 18.9 Å². The molecule has 0 spiro atoms. The molecule has 2 unspecified atom stereocenters. The number of methoxy groups -OCH3 is 2. The number of halogens is 1. The lowest BCUT2D eigenvalue weighted by Crippen LogP contribution is -2.37. The Labute approximate surface area is 117 Å². The Morgan fingerprint density at radius 1 is 1.26 bits per heavy atom. The zero-order chi connectivity index (χ0) is 13.8. The lowest BCUT2D eigenvalue weighted by molar-refractivity contribution is -0.0975. The second kappa shape index (κ2) is 6.43. The van der Waals surface area contributed by atoms with Crippen molar-refractivity contribution in [3.05, 3.63) is 22.7 Å². The summed E-state index contributed by atoms with van der Waals surface area (Å²) in [6.45, 7) is 1.61. The number of hydrogen-bond acceptors (Lipinski definition) is 5. The fourth-order valence-corrected chi connectivity index (χ4v) is 2.32. The Bertz CT molecular complexity index is 435. The molecule has 5 nitrogen and oxygen atoms in total. The average Bonchev–Trinajstić information content (AvgIpc) is 2.47. The highest BCUT2D eigenvalue weighted by Crippen LogP contribution is 2.36. The van der Waals surface area contributed by atoms with Crippen LogP contribution in [0.2, 0.25) is 5.02 Å². The minimum Gasteiger partial charge on any atom is -0.493 e. The van der Waals surface area contributed by atoms with Crippen LogP contribution in [0.5, 0.6) is 11.5 Å². The van der Waals surface area contributed by atoms with E-state index in [0.29, 0.717) is 36.3 Å². The predicted octanol–water partition coefficient (Wildman–Crippen LogP) is 1.77. The van der Waals surface area contributed by atoms with Crippen molar-refractivity contribution in [3.8, 4) is 11.5 Å². The molecule has 0 amide bonds. The molecule has 1 aliphatic heterocycles. The molecule has 2 N–H and O–H groups in total. The SMILES string of the molecule is COc1cc(Cl)c(C(N)C2COCCO2)cc1OC. The Balaban J connectivity index is 2.27. The van der Waals surface area contributed by atoms with Crippen LogP contribution in [-0.4, -0.2) is 40.1 Å². The van der Waals surface area contributed by atoms with Gasteiger partial charge in [-0.05, 0) is 11.6 Å². The molecule has 2 atom stereocenters. The largest absolute Gasteiger partial charge is 0.493 e. The van der Waals surface area contributed by atoms with Gasteiger partial charge in [0.25, 0.3) is 0 Å². The molecule has 1 aromatic carbocycles. The highest BCUT2D eigenvalue weighted by molar-refractivity contribution is 6.31. The van der Waals surface area contributed by atoms with E-state index < -0.39 is 0 Å². The van der Waals surface area contributed by atoms with E-state index in [4.69, 9.17) is 36.3 Å².